The lowest BCUT2D eigenvalue weighted by Gasteiger charge is -2.31. The van der Waals surface area contributed by atoms with E-state index in [9.17, 15) is 0 Å². The highest BCUT2D eigenvalue weighted by Gasteiger charge is 2.53. The molecule has 0 bridgehead atoms. The summed E-state index contributed by atoms with van der Waals surface area (Å²) >= 11 is 0. The van der Waals surface area contributed by atoms with Gasteiger partial charge in [0.15, 0.2) is 17.5 Å². The van der Waals surface area contributed by atoms with Crippen LogP contribution in [-0.4, -0.2) is 19.5 Å². The third kappa shape index (κ3) is 4.74. The predicted molar refractivity (Wildman–Crippen MR) is 262 cm³/mol. The van der Waals surface area contributed by atoms with Crippen molar-refractivity contribution in [2.24, 2.45) is 0 Å². The minimum atomic E-state index is -0.527. The zero-order chi connectivity index (χ0) is 41.9. The minimum Gasteiger partial charge on any atom is -0.309 e. The standard InChI is InChI=1S/C60H36N4/c1-3-17-37(18-4-1)57-61-58(38-19-5-2-6-20-38)63-59(62-57)41-32-31-40-36-42(34-33-39(40)35-41)64-52-30-16-12-26-48(52)54-46-24-8-7-23-45(46)53-47-25-11-15-29-51(47)60(55(53)56(54)64)49-27-13-9-21-43(49)44-22-10-14-28-50(44)60/h1-36H. The molecular weight excluding hydrogens is 777 g/mol. The zero-order valence-electron chi connectivity index (χ0n) is 34.6. The highest BCUT2D eigenvalue weighted by Crippen LogP contribution is 2.66. The quantitative estimate of drug-likeness (QED) is 0.178. The second kappa shape index (κ2) is 13.3. The van der Waals surface area contributed by atoms with Gasteiger partial charge in [-0.2, -0.15) is 0 Å². The lowest BCUT2D eigenvalue weighted by atomic mass is 9.70. The van der Waals surface area contributed by atoms with Crippen molar-refractivity contribution in [2.75, 3.05) is 0 Å². The van der Waals surface area contributed by atoms with Crippen molar-refractivity contribution in [3.8, 4) is 62.1 Å². The number of aromatic nitrogens is 4. The van der Waals surface area contributed by atoms with Crippen LogP contribution < -0.4 is 0 Å². The first-order valence-corrected chi connectivity index (χ1v) is 21.9. The first kappa shape index (κ1) is 35.2. The Balaban J connectivity index is 1.04. The van der Waals surface area contributed by atoms with Gasteiger partial charge in [-0.05, 0) is 84.8 Å². The van der Waals surface area contributed by atoms with E-state index in [0.717, 1.165) is 33.2 Å². The molecule has 296 valence electrons. The van der Waals surface area contributed by atoms with E-state index in [2.05, 4.69) is 162 Å². The molecule has 0 saturated carbocycles. The molecule has 0 amide bonds. The van der Waals surface area contributed by atoms with Crippen molar-refractivity contribution in [3.63, 3.8) is 0 Å². The largest absolute Gasteiger partial charge is 0.309 e. The van der Waals surface area contributed by atoms with Gasteiger partial charge in [0.05, 0.1) is 16.4 Å². The molecule has 4 nitrogen and oxygen atoms in total. The Morgan fingerprint density at radius 3 is 1.50 bits per heavy atom. The van der Waals surface area contributed by atoms with Gasteiger partial charge < -0.3 is 4.57 Å². The number of para-hydroxylation sites is 1. The number of hydrogen-bond donors (Lipinski definition) is 0. The monoisotopic (exact) mass is 812 g/mol. The van der Waals surface area contributed by atoms with Gasteiger partial charge in [-0.3, -0.25) is 0 Å². The molecule has 0 fully saturated rings. The van der Waals surface area contributed by atoms with E-state index in [1.807, 2.05) is 60.7 Å². The molecule has 0 saturated heterocycles. The minimum absolute atomic E-state index is 0.527. The van der Waals surface area contributed by atoms with E-state index in [1.165, 1.54) is 77.1 Å². The maximum atomic E-state index is 5.05. The summed E-state index contributed by atoms with van der Waals surface area (Å²) in [6.07, 6.45) is 0. The number of nitrogens with zero attached hydrogens (tertiary/aromatic N) is 4. The Bertz CT molecular complexity index is 3800. The van der Waals surface area contributed by atoms with Gasteiger partial charge in [-0.15, -0.1) is 0 Å². The van der Waals surface area contributed by atoms with Crippen LogP contribution >= 0.6 is 0 Å². The smallest absolute Gasteiger partial charge is 0.164 e. The molecule has 4 heteroatoms. The van der Waals surface area contributed by atoms with Crippen molar-refractivity contribution in [1.82, 2.24) is 19.5 Å². The van der Waals surface area contributed by atoms with Crippen LogP contribution in [0.4, 0.5) is 0 Å². The van der Waals surface area contributed by atoms with E-state index in [1.54, 1.807) is 0 Å². The highest BCUT2D eigenvalue weighted by molar-refractivity contribution is 6.28. The van der Waals surface area contributed by atoms with Crippen LogP contribution in [0.25, 0.3) is 105 Å². The predicted octanol–water partition coefficient (Wildman–Crippen LogP) is 14.6. The molecule has 2 aliphatic rings. The number of benzene rings is 10. The lowest BCUT2D eigenvalue weighted by Crippen LogP contribution is -2.26. The summed E-state index contributed by atoms with van der Waals surface area (Å²) in [7, 11) is 0. The molecule has 0 radical (unpaired) electrons. The first-order chi connectivity index (χ1) is 31.8. The van der Waals surface area contributed by atoms with E-state index in [4.69, 9.17) is 15.0 Å². The fourth-order valence-electron chi connectivity index (χ4n) is 11.2. The van der Waals surface area contributed by atoms with E-state index >= 15 is 0 Å². The molecule has 0 N–H and O–H groups in total. The van der Waals surface area contributed by atoms with Crippen LogP contribution in [-0.2, 0) is 5.41 Å². The molecule has 2 aromatic heterocycles. The molecule has 0 aliphatic heterocycles. The van der Waals surface area contributed by atoms with Crippen LogP contribution in [0.2, 0.25) is 0 Å². The molecule has 0 atom stereocenters. The van der Waals surface area contributed by atoms with E-state index in [-0.39, 0.29) is 0 Å². The van der Waals surface area contributed by atoms with Gasteiger partial charge in [0.2, 0.25) is 0 Å². The summed E-state index contributed by atoms with van der Waals surface area (Å²) in [5, 5.41) is 7.34. The fraction of sp³-hybridized carbons (Fsp3) is 0.0167. The van der Waals surface area contributed by atoms with Gasteiger partial charge in [0.25, 0.3) is 0 Å². The first-order valence-electron chi connectivity index (χ1n) is 21.9. The molecule has 1 spiro atoms. The van der Waals surface area contributed by atoms with Crippen LogP contribution in [0.3, 0.4) is 0 Å². The van der Waals surface area contributed by atoms with E-state index < -0.39 is 5.41 Å². The van der Waals surface area contributed by atoms with Crippen LogP contribution in [0.15, 0.2) is 218 Å². The van der Waals surface area contributed by atoms with Crippen molar-refractivity contribution in [3.05, 3.63) is 241 Å². The fourth-order valence-corrected chi connectivity index (χ4v) is 11.2. The van der Waals surface area contributed by atoms with Crippen molar-refractivity contribution in [1.29, 1.82) is 0 Å². The molecule has 14 rings (SSSR count). The van der Waals surface area contributed by atoms with Gasteiger partial charge in [0.1, 0.15) is 0 Å². The molecule has 2 aliphatic carbocycles. The van der Waals surface area contributed by atoms with Crippen molar-refractivity contribution < 1.29 is 0 Å². The molecule has 12 aromatic rings. The van der Waals surface area contributed by atoms with Gasteiger partial charge in [-0.1, -0.05) is 194 Å². The number of fused-ring (bicyclic) bond motifs is 18. The lowest BCUT2D eigenvalue weighted by molar-refractivity contribution is 0.797. The average Bonchev–Trinajstić information content (AvgIpc) is 3.99. The van der Waals surface area contributed by atoms with Crippen LogP contribution in [0.1, 0.15) is 22.3 Å². The summed E-state index contributed by atoms with van der Waals surface area (Å²) in [4.78, 5) is 15.0. The Morgan fingerprint density at radius 1 is 0.359 bits per heavy atom. The Hall–Kier alpha value is -8.47. The third-order valence-electron chi connectivity index (χ3n) is 13.8. The topological polar surface area (TPSA) is 43.6 Å². The van der Waals surface area contributed by atoms with Crippen LogP contribution in [0.5, 0.6) is 0 Å². The number of hydrogen-bond acceptors (Lipinski definition) is 3. The Kier molecular flexibility index (Phi) is 7.29. The zero-order valence-corrected chi connectivity index (χ0v) is 34.6. The maximum absolute atomic E-state index is 5.05. The molecular formula is C60H36N4. The maximum Gasteiger partial charge on any atom is 0.164 e. The molecule has 10 aromatic carbocycles. The summed E-state index contributed by atoms with van der Waals surface area (Å²) in [6, 6.07) is 79.2. The van der Waals surface area contributed by atoms with Crippen molar-refractivity contribution in [2.45, 2.75) is 5.41 Å². The molecule has 64 heavy (non-hydrogen) atoms. The van der Waals surface area contributed by atoms with Gasteiger partial charge >= 0.3 is 0 Å². The summed E-state index contributed by atoms with van der Waals surface area (Å²) < 4.78 is 2.56. The van der Waals surface area contributed by atoms with Gasteiger partial charge in [0, 0.05) is 38.7 Å². The van der Waals surface area contributed by atoms with E-state index in [0.29, 0.717) is 17.5 Å². The average molecular weight is 813 g/mol. The third-order valence-corrected chi connectivity index (χ3v) is 13.8. The normalized spacial score (nSPS) is 13.1. The second-order valence-corrected chi connectivity index (χ2v) is 17.0. The summed E-state index contributed by atoms with van der Waals surface area (Å²) in [6.45, 7) is 0. The summed E-state index contributed by atoms with van der Waals surface area (Å²) in [5.41, 5.74) is 16.5. The Morgan fingerprint density at radius 2 is 0.844 bits per heavy atom. The van der Waals surface area contributed by atoms with Crippen LogP contribution in [0, 0.1) is 0 Å². The molecule has 0 unspecified atom stereocenters. The summed E-state index contributed by atoms with van der Waals surface area (Å²) in [5.74, 6) is 1.95. The Labute approximate surface area is 369 Å². The highest BCUT2D eigenvalue weighted by atomic mass is 15.0. The van der Waals surface area contributed by atoms with Crippen molar-refractivity contribution >= 4 is 43.4 Å². The number of rotatable bonds is 4. The molecule has 2 heterocycles. The SMILES string of the molecule is c1ccc(-c2nc(-c3ccccc3)nc(-c3ccc4cc(-n5c6ccccc6c6c7ccccc7c7c(c65)C5(c6ccccc6-c6ccccc65)c5ccccc5-7)ccc4c3)n2)cc1. The second-order valence-electron chi connectivity index (χ2n) is 17.0. The van der Waals surface area contributed by atoms with Gasteiger partial charge in [-0.25, -0.2) is 15.0 Å².